The first-order valence-corrected chi connectivity index (χ1v) is 6.39. The van der Waals surface area contributed by atoms with Gasteiger partial charge in [0.15, 0.2) is 6.04 Å². The third kappa shape index (κ3) is 3.42. The number of carbonyl (C=O) groups is 1. The molecule has 1 heterocycles. The summed E-state index contributed by atoms with van der Waals surface area (Å²) >= 11 is 0. The van der Waals surface area contributed by atoms with Crippen molar-refractivity contribution < 1.29 is 9.53 Å². The van der Waals surface area contributed by atoms with Crippen LogP contribution in [0.2, 0.25) is 0 Å². The van der Waals surface area contributed by atoms with Crippen LogP contribution in [0.3, 0.4) is 0 Å². The van der Waals surface area contributed by atoms with Gasteiger partial charge in [-0.25, -0.2) is 4.79 Å². The van der Waals surface area contributed by atoms with Crippen molar-refractivity contribution in [3.8, 4) is 0 Å². The lowest BCUT2D eigenvalue weighted by atomic mass is 10.1. The largest absolute Gasteiger partial charge is 0.461 e. The quantitative estimate of drug-likeness (QED) is 0.748. The number of aryl methyl sites for hydroxylation is 2. The van der Waals surface area contributed by atoms with Gasteiger partial charge >= 0.3 is 5.97 Å². The highest BCUT2D eigenvalue weighted by Crippen LogP contribution is 2.19. The molecular weight excluding hydrogens is 226 g/mol. The third-order valence-electron chi connectivity index (χ3n) is 2.91. The monoisotopic (exact) mass is 245 g/mol. The minimum atomic E-state index is -0.294. The predicted molar refractivity (Wildman–Crippen MR) is 72.0 cm³/mol. The van der Waals surface area contributed by atoms with Gasteiger partial charge in [-0.1, -0.05) is 29.8 Å². The molecule has 18 heavy (non-hydrogen) atoms. The molecule has 96 valence electrons. The Morgan fingerprint density at radius 3 is 2.56 bits per heavy atom. The minimum Gasteiger partial charge on any atom is -0.461 e. The highest BCUT2D eigenvalue weighted by Gasteiger charge is 2.35. The van der Waals surface area contributed by atoms with Gasteiger partial charge in [0.05, 0.1) is 11.8 Å². The molecule has 1 unspecified atom stereocenters. The summed E-state index contributed by atoms with van der Waals surface area (Å²) in [7, 11) is 0. The summed E-state index contributed by atoms with van der Waals surface area (Å²) < 4.78 is 5.12. The van der Waals surface area contributed by atoms with Crippen LogP contribution in [0, 0.1) is 6.92 Å². The van der Waals surface area contributed by atoms with Crippen LogP contribution in [-0.4, -0.2) is 23.8 Å². The van der Waals surface area contributed by atoms with E-state index in [2.05, 4.69) is 36.2 Å². The molecule has 1 aromatic rings. The Morgan fingerprint density at radius 1 is 1.28 bits per heavy atom. The van der Waals surface area contributed by atoms with E-state index in [1.54, 1.807) is 0 Å². The van der Waals surface area contributed by atoms with Gasteiger partial charge in [-0.15, -0.1) is 0 Å². The Kier molecular flexibility index (Phi) is 3.80. The number of rotatable bonds is 5. The molecule has 1 atom stereocenters. The Bertz CT molecular complexity index is 460. The molecule has 0 radical (unpaired) electrons. The van der Waals surface area contributed by atoms with Crippen LogP contribution in [0.5, 0.6) is 0 Å². The van der Waals surface area contributed by atoms with Crippen molar-refractivity contribution >= 4 is 11.7 Å². The number of nitrogens with zero attached hydrogens (tertiary/aromatic N) is 1. The first-order chi connectivity index (χ1) is 8.56. The summed E-state index contributed by atoms with van der Waals surface area (Å²) in [5.74, 6) is -0.205. The van der Waals surface area contributed by atoms with E-state index in [0.717, 1.165) is 18.6 Å². The van der Waals surface area contributed by atoms with Crippen LogP contribution in [0.15, 0.2) is 29.3 Å². The maximum Gasteiger partial charge on any atom is 0.337 e. The highest BCUT2D eigenvalue weighted by molar-refractivity contribution is 6.16. The fourth-order valence-corrected chi connectivity index (χ4v) is 1.84. The zero-order valence-electron chi connectivity index (χ0n) is 11.1. The van der Waals surface area contributed by atoms with Gasteiger partial charge < -0.3 is 4.74 Å². The number of aliphatic imine (C=N–C) groups is 1. The molecule has 0 aromatic heterocycles. The van der Waals surface area contributed by atoms with E-state index in [-0.39, 0.29) is 18.1 Å². The summed E-state index contributed by atoms with van der Waals surface area (Å²) in [6.45, 7) is 5.78. The topological polar surface area (TPSA) is 38.7 Å². The lowest BCUT2D eigenvalue weighted by molar-refractivity contribution is -0.146. The molecular formula is C15H19NO2. The second kappa shape index (κ2) is 5.34. The molecule has 0 spiro atoms. The van der Waals surface area contributed by atoms with E-state index in [1.165, 1.54) is 11.1 Å². The molecule has 0 N–H and O–H groups in total. The fourth-order valence-electron chi connectivity index (χ4n) is 1.84. The maximum atomic E-state index is 11.5. The zero-order valence-corrected chi connectivity index (χ0v) is 11.1. The smallest absolute Gasteiger partial charge is 0.337 e. The van der Waals surface area contributed by atoms with Crippen LogP contribution in [0.25, 0.3) is 0 Å². The van der Waals surface area contributed by atoms with Gasteiger partial charge in [0, 0.05) is 0 Å². The van der Waals surface area contributed by atoms with Crippen molar-refractivity contribution in [1.82, 2.24) is 0 Å². The summed E-state index contributed by atoms with van der Waals surface area (Å²) in [4.78, 5) is 15.7. The molecule has 0 saturated carbocycles. The Hall–Kier alpha value is -1.64. The molecule has 2 rings (SSSR count). The third-order valence-corrected chi connectivity index (χ3v) is 2.91. The molecule has 0 aliphatic carbocycles. The average Bonchev–Trinajstić information content (AvgIpc) is 3.07. The van der Waals surface area contributed by atoms with Gasteiger partial charge in [-0.2, -0.15) is 0 Å². The van der Waals surface area contributed by atoms with E-state index in [4.69, 9.17) is 4.74 Å². The standard InChI is InChI=1S/C15H19NO2/c1-10(2)18-15(17)14-13(16-14)9-8-12-6-4-11(3)5-7-12/h4-7,10,14H,8-9H2,1-3H3. The molecule has 3 nitrogen and oxygen atoms in total. The first-order valence-electron chi connectivity index (χ1n) is 6.39. The van der Waals surface area contributed by atoms with Crippen LogP contribution < -0.4 is 0 Å². The average molecular weight is 245 g/mol. The zero-order chi connectivity index (χ0) is 13.1. The first kappa shape index (κ1) is 12.8. The number of hydrogen-bond acceptors (Lipinski definition) is 3. The molecule has 0 bridgehead atoms. The Balaban J connectivity index is 1.75. The Labute approximate surface area is 108 Å². The van der Waals surface area contributed by atoms with Gasteiger partial charge in [-0.05, 0) is 39.2 Å². The second-order valence-corrected chi connectivity index (χ2v) is 4.99. The van der Waals surface area contributed by atoms with Crippen molar-refractivity contribution in [2.45, 2.75) is 45.8 Å². The van der Waals surface area contributed by atoms with Crippen molar-refractivity contribution in [3.63, 3.8) is 0 Å². The summed E-state index contributed by atoms with van der Waals surface area (Å²) in [6, 6.07) is 8.17. The summed E-state index contributed by atoms with van der Waals surface area (Å²) in [5, 5.41) is 0. The number of esters is 1. The molecule has 1 aliphatic heterocycles. The van der Waals surface area contributed by atoms with Crippen LogP contribution >= 0.6 is 0 Å². The number of benzene rings is 1. The van der Waals surface area contributed by atoms with Crippen molar-refractivity contribution in [1.29, 1.82) is 0 Å². The van der Waals surface area contributed by atoms with E-state index in [9.17, 15) is 4.79 Å². The molecule has 1 aliphatic rings. The van der Waals surface area contributed by atoms with Crippen molar-refractivity contribution in [2.24, 2.45) is 4.99 Å². The van der Waals surface area contributed by atoms with Crippen LogP contribution in [0.1, 0.15) is 31.4 Å². The van der Waals surface area contributed by atoms with Crippen molar-refractivity contribution in [3.05, 3.63) is 35.4 Å². The number of hydrogen-bond donors (Lipinski definition) is 0. The van der Waals surface area contributed by atoms with Crippen LogP contribution in [0.4, 0.5) is 0 Å². The second-order valence-electron chi connectivity index (χ2n) is 4.99. The molecule has 0 fully saturated rings. The van der Waals surface area contributed by atoms with E-state index < -0.39 is 0 Å². The van der Waals surface area contributed by atoms with Gasteiger partial charge in [0.1, 0.15) is 0 Å². The van der Waals surface area contributed by atoms with Gasteiger partial charge in [0.2, 0.25) is 0 Å². The maximum absolute atomic E-state index is 11.5. The van der Waals surface area contributed by atoms with E-state index >= 15 is 0 Å². The fraction of sp³-hybridized carbons (Fsp3) is 0.467. The van der Waals surface area contributed by atoms with Crippen molar-refractivity contribution in [2.75, 3.05) is 0 Å². The summed E-state index contributed by atoms with van der Waals surface area (Å²) in [6.07, 6.45) is 1.72. The van der Waals surface area contributed by atoms with E-state index in [1.807, 2.05) is 13.8 Å². The number of ether oxygens (including phenoxy) is 1. The molecule has 0 saturated heterocycles. The Morgan fingerprint density at radius 2 is 1.94 bits per heavy atom. The highest BCUT2D eigenvalue weighted by atomic mass is 16.5. The van der Waals surface area contributed by atoms with E-state index in [0.29, 0.717) is 0 Å². The summed E-state index contributed by atoms with van der Waals surface area (Å²) in [5.41, 5.74) is 3.52. The number of carbonyl (C=O) groups excluding carboxylic acids is 1. The predicted octanol–water partition coefficient (Wildman–Crippen LogP) is 2.70. The van der Waals surface area contributed by atoms with Crippen LogP contribution in [-0.2, 0) is 16.0 Å². The lowest BCUT2D eigenvalue weighted by Gasteiger charge is -2.06. The molecule has 1 aromatic carbocycles. The molecule has 0 amide bonds. The normalized spacial score (nSPS) is 17.6. The minimum absolute atomic E-state index is 0.0633. The lowest BCUT2D eigenvalue weighted by Crippen LogP contribution is -2.20. The van der Waals surface area contributed by atoms with Gasteiger partial charge in [-0.3, -0.25) is 4.99 Å². The SMILES string of the molecule is Cc1ccc(CCC2=NC2C(=O)OC(C)C)cc1. The van der Waals surface area contributed by atoms with Gasteiger partial charge in [0.25, 0.3) is 0 Å². The molecule has 3 heteroatoms.